The van der Waals surface area contributed by atoms with E-state index in [4.69, 9.17) is 0 Å². The van der Waals surface area contributed by atoms with Crippen LogP contribution in [0.3, 0.4) is 0 Å². The Morgan fingerprint density at radius 2 is 1.81 bits per heavy atom. The van der Waals surface area contributed by atoms with Gasteiger partial charge in [-0.15, -0.1) is 5.10 Å². The van der Waals surface area contributed by atoms with Gasteiger partial charge in [0.15, 0.2) is 0 Å². The highest BCUT2D eigenvalue weighted by molar-refractivity contribution is 5.87. The van der Waals surface area contributed by atoms with E-state index in [0.29, 0.717) is 17.8 Å². The first kappa shape index (κ1) is 17.1. The number of amides is 2. The summed E-state index contributed by atoms with van der Waals surface area (Å²) in [5, 5.41) is 10.1. The minimum atomic E-state index is -0.0974. The topological polar surface area (TPSA) is 73.9 Å². The predicted octanol–water partition coefficient (Wildman–Crippen LogP) is 4.26. The first-order chi connectivity index (χ1) is 12.8. The third-order valence-electron chi connectivity index (χ3n) is 5.69. The number of nitrogens with one attached hydrogen (secondary N) is 2. The van der Waals surface area contributed by atoms with E-state index < -0.39 is 0 Å². The average molecular weight is 353 g/mol. The largest absolute Gasteiger partial charge is 0.324 e. The summed E-state index contributed by atoms with van der Waals surface area (Å²) in [6.45, 7) is 1.53. The lowest BCUT2D eigenvalue weighted by Gasteiger charge is -2.32. The molecule has 138 valence electrons. The van der Waals surface area contributed by atoms with Gasteiger partial charge in [-0.05, 0) is 31.2 Å². The van der Waals surface area contributed by atoms with Gasteiger partial charge in [-0.25, -0.2) is 4.79 Å². The molecule has 4 rings (SSSR count). The molecule has 1 atom stereocenters. The minimum Gasteiger partial charge on any atom is -0.324 e. The second kappa shape index (κ2) is 7.89. The number of rotatable bonds is 3. The molecule has 0 spiro atoms. The van der Waals surface area contributed by atoms with Crippen LogP contribution in [0.5, 0.6) is 0 Å². The van der Waals surface area contributed by atoms with E-state index in [2.05, 4.69) is 44.8 Å². The van der Waals surface area contributed by atoms with E-state index in [0.717, 1.165) is 44.6 Å². The van der Waals surface area contributed by atoms with Crippen LogP contribution >= 0.6 is 0 Å². The van der Waals surface area contributed by atoms with Crippen LogP contribution in [0.15, 0.2) is 30.3 Å². The van der Waals surface area contributed by atoms with Gasteiger partial charge in [-0.3, -0.25) is 10.4 Å². The van der Waals surface area contributed by atoms with Crippen molar-refractivity contribution in [1.82, 2.24) is 20.1 Å². The summed E-state index contributed by atoms with van der Waals surface area (Å²) < 4.78 is 0. The predicted molar refractivity (Wildman–Crippen MR) is 101 cm³/mol. The normalized spacial score (nSPS) is 21.5. The molecule has 0 unspecified atom stereocenters. The molecular formula is C20H27N5O. The molecule has 1 aliphatic heterocycles. The van der Waals surface area contributed by atoms with Crippen LogP contribution in [0.2, 0.25) is 0 Å². The van der Waals surface area contributed by atoms with Gasteiger partial charge in [0, 0.05) is 24.9 Å². The van der Waals surface area contributed by atoms with Gasteiger partial charge in [0.2, 0.25) is 5.95 Å². The molecule has 6 nitrogen and oxygen atoms in total. The first-order valence-corrected chi connectivity index (χ1v) is 9.83. The Hall–Kier alpha value is -2.37. The van der Waals surface area contributed by atoms with Crippen molar-refractivity contribution in [3.05, 3.63) is 41.7 Å². The van der Waals surface area contributed by atoms with Gasteiger partial charge in [0.1, 0.15) is 5.82 Å². The summed E-state index contributed by atoms with van der Waals surface area (Å²) >= 11 is 0. The standard InChI is InChI=1S/C20H27N5O/c26-20(22-19-21-18(23-24-19)16-10-5-2-6-11-16)25-13-7-12-17(14-25)15-8-3-1-4-9-15/h1,3-4,8-9,16-17H,2,5-7,10-14H2,(H2,21,22,23,24,26)/t17-/m0/s1. The van der Waals surface area contributed by atoms with E-state index in [-0.39, 0.29) is 6.03 Å². The fraction of sp³-hybridized carbons (Fsp3) is 0.550. The molecular weight excluding hydrogens is 326 g/mol. The highest BCUT2D eigenvalue weighted by Crippen LogP contribution is 2.31. The fourth-order valence-electron chi connectivity index (χ4n) is 4.22. The number of aromatic nitrogens is 3. The summed E-state index contributed by atoms with van der Waals surface area (Å²) in [5.41, 5.74) is 1.31. The Kier molecular flexibility index (Phi) is 5.18. The molecule has 26 heavy (non-hydrogen) atoms. The second-order valence-electron chi connectivity index (χ2n) is 7.51. The minimum absolute atomic E-state index is 0.0974. The van der Waals surface area contributed by atoms with E-state index in [9.17, 15) is 4.79 Å². The van der Waals surface area contributed by atoms with Crippen molar-refractivity contribution < 1.29 is 4.79 Å². The van der Waals surface area contributed by atoms with Crippen LogP contribution < -0.4 is 5.32 Å². The number of hydrogen-bond acceptors (Lipinski definition) is 3. The maximum Gasteiger partial charge on any atom is 0.324 e. The quantitative estimate of drug-likeness (QED) is 0.865. The Balaban J connectivity index is 1.36. The van der Waals surface area contributed by atoms with Crippen molar-refractivity contribution in [3.8, 4) is 0 Å². The van der Waals surface area contributed by atoms with Gasteiger partial charge in [0.05, 0.1) is 0 Å². The molecule has 2 fully saturated rings. The van der Waals surface area contributed by atoms with Gasteiger partial charge in [0.25, 0.3) is 0 Å². The maximum absolute atomic E-state index is 12.7. The molecule has 0 radical (unpaired) electrons. The highest BCUT2D eigenvalue weighted by atomic mass is 16.2. The number of urea groups is 1. The average Bonchev–Trinajstić information content (AvgIpc) is 3.18. The molecule has 2 amide bonds. The van der Waals surface area contributed by atoms with Crippen LogP contribution in [-0.4, -0.2) is 39.2 Å². The molecule has 6 heteroatoms. The maximum atomic E-state index is 12.7. The molecule has 1 aromatic carbocycles. The number of anilines is 1. The van der Waals surface area contributed by atoms with Gasteiger partial charge < -0.3 is 4.90 Å². The molecule has 0 bridgehead atoms. The van der Waals surface area contributed by atoms with Gasteiger partial charge in [-0.1, -0.05) is 49.6 Å². The Bertz CT molecular complexity index is 723. The number of carbonyl (C=O) groups is 1. The lowest BCUT2D eigenvalue weighted by Crippen LogP contribution is -2.41. The first-order valence-electron chi connectivity index (χ1n) is 9.83. The van der Waals surface area contributed by atoms with Crippen molar-refractivity contribution in [3.63, 3.8) is 0 Å². The van der Waals surface area contributed by atoms with Crippen molar-refractivity contribution in [2.24, 2.45) is 0 Å². The zero-order valence-electron chi connectivity index (χ0n) is 15.2. The third-order valence-corrected chi connectivity index (χ3v) is 5.69. The number of aromatic amines is 1. The monoisotopic (exact) mass is 353 g/mol. The van der Waals surface area contributed by atoms with Crippen LogP contribution in [-0.2, 0) is 0 Å². The van der Waals surface area contributed by atoms with Crippen molar-refractivity contribution in [1.29, 1.82) is 0 Å². The summed E-state index contributed by atoms with van der Waals surface area (Å²) in [4.78, 5) is 19.1. The molecule has 1 saturated heterocycles. The number of piperidine rings is 1. The van der Waals surface area contributed by atoms with E-state index in [1.807, 2.05) is 11.0 Å². The smallest absolute Gasteiger partial charge is 0.324 e. The molecule has 2 heterocycles. The second-order valence-corrected chi connectivity index (χ2v) is 7.51. The zero-order chi connectivity index (χ0) is 17.8. The number of hydrogen-bond donors (Lipinski definition) is 2. The van der Waals surface area contributed by atoms with Crippen molar-refractivity contribution >= 4 is 12.0 Å². The molecule has 1 saturated carbocycles. The Labute approximate surface area is 154 Å². The molecule has 2 aliphatic rings. The summed E-state index contributed by atoms with van der Waals surface area (Å²) in [6.07, 6.45) is 8.28. The van der Waals surface area contributed by atoms with E-state index >= 15 is 0 Å². The fourth-order valence-corrected chi connectivity index (χ4v) is 4.22. The summed E-state index contributed by atoms with van der Waals surface area (Å²) in [6, 6.07) is 10.4. The van der Waals surface area contributed by atoms with Gasteiger partial charge in [-0.2, -0.15) is 4.98 Å². The molecule has 1 aliphatic carbocycles. The third kappa shape index (κ3) is 3.89. The van der Waals surface area contributed by atoms with Gasteiger partial charge >= 0.3 is 6.03 Å². The van der Waals surface area contributed by atoms with E-state index in [1.54, 1.807) is 0 Å². The van der Waals surface area contributed by atoms with Crippen LogP contribution in [0.1, 0.15) is 68.2 Å². The Morgan fingerprint density at radius 3 is 2.62 bits per heavy atom. The van der Waals surface area contributed by atoms with Crippen molar-refractivity contribution in [2.75, 3.05) is 18.4 Å². The number of H-pyrrole nitrogens is 1. The highest BCUT2D eigenvalue weighted by Gasteiger charge is 2.26. The van der Waals surface area contributed by atoms with Crippen LogP contribution in [0.4, 0.5) is 10.7 Å². The SMILES string of the molecule is O=C(Nc1n[nH]c(C2CCCCC2)n1)N1CCC[C@H](c2ccccc2)C1. The number of benzene rings is 1. The number of nitrogens with zero attached hydrogens (tertiary/aromatic N) is 3. The Morgan fingerprint density at radius 1 is 1.04 bits per heavy atom. The lowest BCUT2D eigenvalue weighted by molar-refractivity contribution is 0.192. The summed E-state index contributed by atoms with van der Waals surface area (Å²) in [5.74, 6) is 2.18. The van der Waals surface area contributed by atoms with Crippen LogP contribution in [0.25, 0.3) is 0 Å². The number of likely N-dealkylation sites (tertiary alicyclic amines) is 1. The van der Waals surface area contributed by atoms with E-state index in [1.165, 1.54) is 24.8 Å². The number of carbonyl (C=O) groups excluding carboxylic acids is 1. The summed E-state index contributed by atoms with van der Waals surface area (Å²) in [7, 11) is 0. The van der Waals surface area contributed by atoms with Crippen molar-refractivity contribution in [2.45, 2.75) is 56.8 Å². The lowest BCUT2D eigenvalue weighted by atomic mass is 9.89. The zero-order valence-corrected chi connectivity index (χ0v) is 15.2. The molecule has 1 aromatic heterocycles. The molecule has 2 N–H and O–H groups in total. The molecule has 2 aromatic rings. The van der Waals surface area contributed by atoms with Crippen LogP contribution in [0, 0.1) is 0 Å².